The second kappa shape index (κ2) is 8.06. The summed E-state index contributed by atoms with van der Waals surface area (Å²) in [6.07, 6.45) is 0. The smallest absolute Gasteiger partial charge is 0.254 e. The molecule has 0 fully saturated rings. The lowest BCUT2D eigenvalue weighted by molar-refractivity contribution is 0.0950. The van der Waals surface area contributed by atoms with Crippen LogP contribution in [-0.2, 0) is 10.0 Å². The molecule has 0 radical (unpaired) electrons. The zero-order valence-corrected chi connectivity index (χ0v) is 15.4. The van der Waals surface area contributed by atoms with Gasteiger partial charge in [-0.2, -0.15) is 0 Å². The van der Waals surface area contributed by atoms with E-state index in [0.717, 1.165) is 0 Å². The van der Waals surface area contributed by atoms with E-state index in [9.17, 15) is 17.6 Å². The average Bonchev–Trinajstić information content (AvgIpc) is 2.53. The Balaban J connectivity index is 1.90. The Kier molecular flexibility index (Phi) is 6.34. The third-order valence-electron chi connectivity index (χ3n) is 2.98. The van der Waals surface area contributed by atoms with Gasteiger partial charge in [0, 0.05) is 22.6 Å². The summed E-state index contributed by atoms with van der Waals surface area (Å²) in [5.41, 5.74) is -0.123. The number of halogens is 3. The standard InChI is InChI=1S/C15H13BrClFN2O3S/c16-10-4-5-14(18)13(8-10)15(21)19-6-7-20-24(22,23)12-3-1-2-11(17)9-12/h1-5,8-9,20H,6-7H2,(H,19,21). The van der Waals surface area contributed by atoms with Crippen molar-refractivity contribution in [3.05, 3.63) is 63.3 Å². The van der Waals surface area contributed by atoms with Crippen LogP contribution in [-0.4, -0.2) is 27.4 Å². The van der Waals surface area contributed by atoms with Crippen molar-refractivity contribution in [2.24, 2.45) is 0 Å². The molecule has 0 saturated carbocycles. The first-order valence-electron chi connectivity index (χ1n) is 6.78. The maximum Gasteiger partial charge on any atom is 0.254 e. The molecule has 0 aliphatic rings. The van der Waals surface area contributed by atoms with E-state index in [1.807, 2.05) is 0 Å². The van der Waals surface area contributed by atoms with Crippen LogP contribution in [0.15, 0.2) is 51.8 Å². The Labute approximate surface area is 152 Å². The molecule has 2 aromatic carbocycles. The third-order valence-corrected chi connectivity index (χ3v) is 5.17. The minimum Gasteiger partial charge on any atom is -0.351 e. The Hall–Kier alpha value is -1.48. The molecule has 0 atom stereocenters. The molecule has 0 unspecified atom stereocenters. The molecule has 0 saturated heterocycles. The molecular formula is C15H13BrClFN2O3S. The summed E-state index contributed by atoms with van der Waals surface area (Å²) in [6.45, 7) is -0.0409. The van der Waals surface area contributed by atoms with Crippen LogP contribution in [0.5, 0.6) is 0 Å². The average molecular weight is 436 g/mol. The van der Waals surface area contributed by atoms with Crippen LogP contribution < -0.4 is 10.0 Å². The van der Waals surface area contributed by atoms with E-state index < -0.39 is 21.7 Å². The lowest BCUT2D eigenvalue weighted by atomic mass is 10.2. The summed E-state index contributed by atoms with van der Waals surface area (Å²) in [5.74, 6) is -1.29. The number of hydrogen-bond donors (Lipinski definition) is 2. The number of rotatable bonds is 6. The molecule has 1 amide bonds. The fraction of sp³-hybridized carbons (Fsp3) is 0.133. The third kappa shape index (κ3) is 5.01. The van der Waals surface area contributed by atoms with E-state index in [2.05, 4.69) is 26.0 Å². The SMILES string of the molecule is O=C(NCCNS(=O)(=O)c1cccc(Cl)c1)c1cc(Br)ccc1F. The number of carbonyl (C=O) groups is 1. The zero-order chi connectivity index (χ0) is 17.7. The predicted molar refractivity (Wildman–Crippen MR) is 93.1 cm³/mol. The molecule has 0 heterocycles. The molecule has 2 aromatic rings. The van der Waals surface area contributed by atoms with Crippen LogP contribution in [0, 0.1) is 5.82 Å². The van der Waals surface area contributed by atoms with Gasteiger partial charge in [0.1, 0.15) is 5.82 Å². The highest BCUT2D eigenvalue weighted by Gasteiger charge is 2.15. The molecule has 2 rings (SSSR count). The molecule has 2 N–H and O–H groups in total. The Morgan fingerprint density at radius 3 is 2.62 bits per heavy atom. The molecule has 0 aromatic heterocycles. The molecule has 128 valence electrons. The van der Waals surface area contributed by atoms with Gasteiger partial charge in [0.25, 0.3) is 5.91 Å². The first kappa shape index (κ1) is 18.9. The van der Waals surface area contributed by atoms with E-state index in [0.29, 0.717) is 9.50 Å². The van der Waals surface area contributed by atoms with Crippen molar-refractivity contribution >= 4 is 43.5 Å². The van der Waals surface area contributed by atoms with Crippen molar-refractivity contribution in [3.63, 3.8) is 0 Å². The van der Waals surface area contributed by atoms with Gasteiger partial charge in [0.2, 0.25) is 10.0 Å². The molecule has 0 spiro atoms. The van der Waals surface area contributed by atoms with E-state index >= 15 is 0 Å². The second-order valence-corrected chi connectivity index (χ2v) is 7.85. The maximum atomic E-state index is 13.6. The van der Waals surface area contributed by atoms with Gasteiger partial charge in [-0.15, -0.1) is 0 Å². The van der Waals surface area contributed by atoms with Crippen molar-refractivity contribution < 1.29 is 17.6 Å². The highest BCUT2D eigenvalue weighted by atomic mass is 79.9. The molecule has 0 bridgehead atoms. The number of sulfonamides is 1. The Morgan fingerprint density at radius 1 is 1.17 bits per heavy atom. The minimum atomic E-state index is -3.73. The van der Waals surface area contributed by atoms with Crippen LogP contribution in [0.2, 0.25) is 5.02 Å². The highest BCUT2D eigenvalue weighted by Crippen LogP contribution is 2.16. The largest absolute Gasteiger partial charge is 0.351 e. The van der Waals surface area contributed by atoms with E-state index in [1.54, 1.807) is 6.07 Å². The van der Waals surface area contributed by atoms with Gasteiger partial charge in [0.15, 0.2) is 0 Å². The fourth-order valence-corrected chi connectivity index (χ4v) is 3.54. The Bertz CT molecular complexity index is 862. The summed E-state index contributed by atoms with van der Waals surface area (Å²) >= 11 is 8.92. The summed E-state index contributed by atoms with van der Waals surface area (Å²) in [7, 11) is -3.73. The summed E-state index contributed by atoms with van der Waals surface area (Å²) in [4.78, 5) is 11.9. The summed E-state index contributed by atoms with van der Waals surface area (Å²) in [5, 5.41) is 2.75. The minimum absolute atomic E-state index is 0.00455. The van der Waals surface area contributed by atoms with E-state index in [1.165, 1.54) is 36.4 Å². The zero-order valence-electron chi connectivity index (χ0n) is 12.2. The van der Waals surface area contributed by atoms with Crippen LogP contribution in [0.3, 0.4) is 0 Å². The number of amides is 1. The number of hydrogen-bond acceptors (Lipinski definition) is 3. The number of benzene rings is 2. The fourth-order valence-electron chi connectivity index (χ4n) is 1.85. The van der Waals surface area contributed by atoms with Crippen LogP contribution in [0.1, 0.15) is 10.4 Å². The topological polar surface area (TPSA) is 75.3 Å². The molecule has 9 heteroatoms. The lowest BCUT2D eigenvalue weighted by Gasteiger charge is -2.09. The van der Waals surface area contributed by atoms with Crippen molar-refractivity contribution in [2.45, 2.75) is 4.90 Å². The lowest BCUT2D eigenvalue weighted by Crippen LogP contribution is -2.35. The monoisotopic (exact) mass is 434 g/mol. The van der Waals surface area contributed by atoms with E-state index in [-0.39, 0.29) is 23.5 Å². The predicted octanol–water partition coefficient (Wildman–Crippen LogP) is 2.95. The van der Waals surface area contributed by atoms with Gasteiger partial charge in [-0.25, -0.2) is 17.5 Å². The molecule has 5 nitrogen and oxygen atoms in total. The molecule has 24 heavy (non-hydrogen) atoms. The Morgan fingerprint density at radius 2 is 1.92 bits per heavy atom. The van der Waals surface area contributed by atoms with E-state index in [4.69, 9.17) is 11.6 Å². The van der Waals surface area contributed by atoms with Gasteiger partial charge >= 0.3 is 0 Å². The van der Waals surface area contributed by atoms with Gasteiger partial charge in [-0.05, 0) is 36.4 Å². The van der Waals surface area contributed by atoms with Crippen molar-refractivity contribution in [2.75, 3.05) is 13.1 Å². The molecule has 0 aliphatic heterocycles. The van der Waals surface area contributed by atoms with Crippen molar-refractivity contribution in [3.8, 4) is 0 Å². The molecular weight excluding hydrogens is 423 g/mol. The summed E-state index contributed by atoms with van der Waals surface area (Å²) < 4.78 is 40.6. The first-order valence-corrected chi connectivity index (χ1v) is 9.43. The van der Waals surface area contributed by atoms with Crippen LogP contribution >= 0.6 is 27.5 Å². The normalized spacial score (nSPS) is 11.3. The van der Waals surface area contributed by atoms with Gasteiger partial charge in [-0.3, -0.25) is 4.79 Å². The van der Waals surface area contributed by atoms with Gasteiger partial charge in [0.05, 0.1) is 10.5 Å². The first-order chi connectivity index (χ1) is 11.3. The van der Waals surface area contributed by atoms with Crippen molar-refractivity contribution in [1.29, 1.82) is 0 Å². The van der Waals surface area contributed by atoms with Gasteiger partial charge in [-0.1, -0.05) is 33.6 Å². The number of carbonyl (C=O) groups excluding carboxylic acids is 1. The summed E-state index contributed by atoms with van der Waals surface area (Å²) in [6, 6.07) is 9.80. The maximum absolute atomic E-state index is 13.6. The van der Waals surface area contributed by atoms with Crippen molar-refractivity contribution in [1.82, 2.24) is 10.0 Å². The second-order valence-electron chi connectivity index (χ2n) is 4.74. The quantitative estimate of drug-likeness (QED) is 0.685. The van der Waals surface area contributed by atoms with Crippen LogP contribution in [0.25, 0.3) is 0 Å². The highest BCUT2D eigenvalue weighted by molar-refractivity contribution is 9.10. The van der Waals surface area contributed by atoms with Gasteiger partial charge < -0.3 is 5.32 Å². The number of nitrogens with one attached hydrogen (secondary N) is 2. The molecule has 0 aliphatic carbocycles. The van der Waals surface area contributed by atoms with Crippen LogP contribution in [0.4, 0.5) is 4.39 Å².